The quantitative estimate of drug-likeness (QED) is 0.401. The molecule has 0 aliphatic heterocycles. The topological polar surface area (TPSA) is 96.1 Å². The Morgan fingerprint density at radius 2 is 1.78 bits per heavy atom. The van der Waals surface area contributed by atoms with Crippen molar-refractivity contribution >= 4 is 33.6 Å². The monoisotopic (exact) mass is 428 g/mol. The Labute approximate surface area is 185 Å². The molecule has 3 aromatic carbocycles. The van der Waals surface area contributed by atoms with E-state index in [4.69, 9.17) is 4.74 Å². The summed E-state index contributed by atoms with van der Waals surface area (Å²) in [6.07, 6.45) is 2.61. The highest BCUT2D eigenvalue weighted by atomic mass is 16.5. The Hall–Kier alpha value is -3.87. The van der Waals surface area contributed by atoms with Gasteiger partial charge in [-0.1, -0.05) is 36.4 Å². The third-order valence-electron chi connectivity index (χ3n) is 5.48. The van der Waals surface area contributed by atoms with Crippen molar-refractivity contribution in [3.05, 3.63) is 72.1 Å². The molecule has 0 radical (unpaired) electrons. The number of carbonyl (C=O) groups excluding carboxylic acids is 2. The van der Waals surface area contributed by atoms with Crippen LogP contribution in [-0.4, -0.2) is 41.0 Å². The van der Waals surface area contributed by atoms with E-state index in [1.807, 2.05) is 54.6 Å². The van der Waals surface area contributed by atoms with Crippen LogP contribution in [0.4, 0.5) is 0 Å². The molecule has 1 aromatic heterocycles. The van der Waals surface area contributed by atoms with E-state index in [0.29, 0.717) is 24.3 Å². The molecule has 7 nitrogen and oxygen atoms in total. The van der Waals surface area contributed by atoms with Gasteiger partial charge >= 0.3 is 0 Å². The number of hydrogen-bond acceptors (Lipinski definition) is 4. The van der Waals surface area contributed by atoms with E-state index in [1.54, 1.807) is 6.07 Å². The molecular formula is C25H24N4O3. The third-order valence-corrected chi connectivity index (χ3v) is 5.48. The molecule has 162 valence electrons. The average molecular weight is 428 g/mol. The number of nitrogens with one attached hydrogen (secondary N) is 3. The number of amides is 2. The first-order valence-electron chi connectivity index (χ1n) is 10.8. The Morgan fingerprint density at radius 3 is 2.56 bits per heavy atom. The highest BCUT2D eigenvalue weighted by Crippen LogP contribution is 2.26. The predicted molar refractivity (Wildman–Crippen MR) is 123 cm³/mol. The Morgan fingerprint density at radius 1 is 1.03 bits per heavy atom. The lowest BCUT2D eigenvalue weighted by molar-refractivity contribution is -0.123. The summed E-state index contributed by atoms with van der Waals surface area (Å²) in [6, 6.07) is 19.5. The number of aromatic amines is 1. The first-order chi connectivity index (χ1) is 15.7. The van der Waals surface area contributed by atoms with E-state index in [-0.39, 0.29) is 24.5 Å². The van der Waals surface area contributed by atoms with Crippen molar-refractivity contribution in [3.63, 3.8) is 0 Å². The summed E-state index contributed by atoms with van der Waals surface area (Å²) in [5, 5.41) is 7.73. The smallest absolute Gasteiger partial charge is 0.258 e. The molecule has 1 aliphatic carbocycles. The summed E-state index contributed by atoms with van der Waals surface area (Å²) in [7, 11) is 0. The Balaban J connectivity index is 1.28. The molecule has 0 spiro atoms. The van der Waals surface area contributed by atoms with Crippen LogP contribution >= 0.6 is 0 Å². The molecule has 2 amide bonds. The molecule has 0 bridgehead atoms. The van der Waals surface area contributed by atoms with Crippen LogP contribution in [0.5, 0.6) is 5.75 Å². The maximum Gasteiger partial charge on any atom is 0.258 e. The number of fused-ring (bicyclic) bond motifs is 2. The summed E-state index contributed by atoms with van der Waals surface area (Å²) in [5.41, 5.74) is 2.29. The van der Waals surface area contributed by atoms with Crippen molar-refractivity contribution in [1.29, 1.82) is 0 Å². The number of benzene rings is 3. The number of nitrogens with zero attached hydrogens (tertiary/aromatic N) is 1. The van der Waals surface area contributed by atoms with Gasteiger partial charge in [-0.15, -0.1) is 0 Å². The number of rotatable bonds is 8. The maximum atomic E-state index is 13.0. The first kappa shape index (κ1) is 20.1. The molecule has 7 heteroatoms. The van der Waals surface area contributed by atoms with Crippen LogP contribution in [0.1, 0.15) is 29.0 Å². The largest absolute Gasteiger partial charge is 0.483 e. The fraction of sp³-hybridized carbons (Fsp3) is 0.240. The van der Waals surface area contributed by atoms with Gasteiger partial charge in [-0.2, -0.15) is 0 Å². The van der Waals surface area contributed by atoms with Crippen LogP contribution in [0, 0.1) is 0 Å². The predicted octanol–water partition coefficient (Wildman–Crippen LogP) is 3.35. The van der Waals surface area contributed by atoms with Crippen molar-refractivity contribution < 1.29 is 14.3 Å². The van der Waals surface area contributed by atoms with Crippen molar-refractivity contribution in [2.24, 2.45) is 0 Å². The zero-order chi connectivity index (χ0) is 21.9. The standard InChI is InChI=1S/C25H24N4O3/c30-24(27-18-9-10-18)15-32-22-14-17-6-2-1-5-16(17)13-19(22)25(31)26-12-11-23-28-20-7-3-4-8-21(20)29-23/h1-8,13-14,18H,9-12,15H2,(H,26,31)(H,27,30)(H,28,29). The van der Waals surface area contributed by atoms with E-state index >= 15 is 0 Å². The molecule has 0 saturated heterocycles. The van der Waals surface area contributed by atoms with Gasteiger partial charge < -0.3 is 20.4 Å². The zero-order valence-corrected chi connectivity index (χ0v) is 17.6. The lowest BCUT2D eigenvalue weighted by Crippen LogP contribution is -2.31. The molecule has 5 rings (SSSR count). The molecule has 1 fully saturated rings. The van der Waals surface area contributed by atoms with E-state index < -0.39 is 0 Å². The van der Waals surface area contributed by atoms with Gasteiger partial charge in [-0.3, -0.25) is 9.59 Å². The molecular weight excluding hydrogens is 404 g/mol. The molecule has 1 saturated carbocycles. The molecule has 4 aromatic rings. The van der Waals surface area contributed by atoms with Crippen LogP contribution in [0.25, 0.3) is 21.8 Å². The van der Waals surface area contributed by atoms with Crippen LogP contribution in [0.15, 0.2) is 60.7 Å². The van der Waals surface area contributed by atoms with Crippen LogP contribution in [0.3, 0.4) is 0 Å². The minimum atomic E-state index is -0.246. The van der Waals surface area contributed by atoms with Crippen LogP contribution < -0.4 is 15.4 Å². The van der Waals surface area contributed by atoms with Gasteiger partial charge in [0.15, 0.2) is 6.61 Å². The lowest BCUT2D eigenvalue weighted by Gasteiger charge is -2.13. The van der Waals surface area contributed by atoms with Crippen molar-refractivity contribution in [1.82, 2.24) is 20.6 Å². The minimum absolute atomic E-state index is 0.117. The van der Waals surface area contributed by atoms with E-state index in [1.165, 1.54) is 0 Å². The number of aromatic nitrogens is 2. The van der Waals surface area contributed by atoms with Gasteiger partial charge in [-0.05, 0) is 47.9 Å². The number of carbonyl (C=O) groups is 2. The van der Waals surface area contributed by atoms with Crippen molar-refractivity contribution in [2.75, 3.05) is 13.2 Å². The van der Waals surface area contributed by atoms with Crippen molar-refractivity contribution in [2.45, 2.75) is 25.3 Å². The Kier molecular flexibility index (Phi) is 5.46. The first-order valence-corrected chi connectivity index (χ1v) is 10.8. The van der Waals surface area contributed by atoms with E-state index in [9.17, 15) is 9.59 Å². The number of para-hydroxylation sites is 2. The molecule has 1 aliphatic rings. The highest BCUT2D eigenvalue weighted by molar-refractivity contribution is 6.01. The second-order valence-corrected chi connectivity index (χ2v) is 8.03. The van der Waals surface area contributed by atoms with Crippen LogP contribution in [-0.2, 0) is 11.2 Å². The minimum Gasteiger partial charge on any atom is -0.483 e. The second kappa shape index (κ2) is 8.70. The average Bonchev–Trinajstić information content (AvgIpc) is 3.52. The summed E-state index contributed by atoms with van der Waals surface area (Å²) in [4.78, 5) is 32.9. The lowest BCUT2D eigenvalue weighted by atomic mass is 10.1. The molecule has 3 N–H and O–H groups in total. The molecule has 0 atom stereocenters. The van der Waals surface area contributed by atoms with Gasteiger partial charge in [0.2, 0.25) is 0 Å². The molecule has 1 heterocycles. The fourth-order valence-corrected chi connectivity index (χ4v) is 3.67. The SMILES string of the molecule is O=C(COc1cc2ccccc2cc1C(=O)NCCc1nc2ccccc2[nH]1)NC1CC1. The normalized spacial score (nSPS) is 13.2. The summed E-state index contributed by atoms with van der Waals surface area (Å²) in [5.74, 6) is 0.801. The Bertz CT molecular complexity index is 1260. The van der Waals surface area contributed by atoms with Gasteiger partial charge in [-0.25, -0.2) is 4.98 Å². The second-order valence-electron chi connectivity index (χ2n) is 8.03. The van der Waals surface area contributed by atoms with E-state index in [2.05, 4.69) is 20.6 Å². The summed E-state index contributed by atoms with van der Waals surface area (Å²) < 4.78 is 5.77. The zero-order valence-electron chi connectivity index (χ0n) is 17.6. The van der Waals surface area contributed by atoms with E-state index in [0.717, 1.165) is 40.5 Å². The molecule has 0 unspecified atom stereocenters. The third kappa shape index (κ3) is 4.56. The number of ether oxygens (including phenoxy) is 1. The number of imidazole rings is 1. The summed E-state index contributed by atoms with van der Waals surface area (Å²) in [6.45, 7) is 0.307. The fourth-order valence-electron chi connectivity index (χ4n) is 3.67. The van der Waals surface area contributed by atoms with Gasteiger partial charge in [0.1, 0.15) is 11.6 Å². The van der Waals surface area contributed by atoms with Gasteiger partial charge in [0.05, 0.1) is 16.6 Å². The number of H-pyrrole nitrogens is 1. The van der Waals surface area contributed by atoms with Gasteiger partial charge in [0.25, 0.3) is 11.8 Å². The maximum absolute atomic E-state index is 13.0. The van der Waals surface area contributed by atoms with Gasteiger partial charge in [0, 0.05) is 19.0 Å². The molecule has 32 heavy (non-hydrogen) atoms. The highest BCUT2D eigenvalue weighted by Gasteiger charge is 2.23. The van der Waals surface area contributed by atoms with Crippen molar-refractivity contribution in [3.8, 4) is 5.75 Å². The van der Waals surface area contributed by atoms with Crippen LogP contribution in [0.2, 0.25) is 0 Å². The number of hydrogen-bond donors (Lipinski definition) is 3. The summed E-state index contributed by atoms with van der Waals surface area (Å²) >= 11 is 0.